The Bertz CT molecular complexity index is 279. The van der Waals surface area contributed by atoms with E-state index in [1.165, 1.54) is 0 Å². The highest BCUT2D eigenvalue weighted by molar-refractivity contribution is 9.08. The lowest BCUT2D eigenvalue weighted by atomic mass is 9.80. The summed E-state index contributed by atoms with van der Waals surface area (Å²) in [5.74, 6) is 0.696. The summed E-state index contributed by atoms with van der Waals surface area (Å²) < 4.78 is 1.96. The molecule has 1 aliphatic rings. The maximum Gasteiger partial charge on any atom is 0.0932 e. The lowest BCUT2D eigenvalue weighted by Crippen LogP contribution is -2.32. The first kappa shape index (κ1) is 9.15. The summed E-state index contributed by atoms with van der Waals surface area (Å²) in [6.45, 7) is 0.802. The zero-order chi connectivity index (χ0) is 9.26. The standard InChI is InChI=1S/C8H13BrN4/c9-3-7-5-13(12-11-7)8-1-6(2-8)4-10/h5-6,8H,1-4,10H2. The van der Waals surface area contributed by atoms with E-state index in [0.29, 0.717) is 12.0 Å². The van der Waals surface area contributed by atoms with E-state index in [2.05, 4.69) is 26.2 Å². The molecule has 72 valence electrons. The number of hydrogen-bond acceptors (Lipinski definition) is 3. The fourth-order valence-corrected chi connectivity index (χ4v) is 1.92. The van der Waals surface area contributed by atoms with Gasteiger partial charge >= 0.3 is 0 Å². The van der Waals surface area contributed by atoms with Crippen LogP contribution in [0, 0.1) is 5.92 Å². The number of hydrogen-bond donors (Lipinski definition) is 1. The van der Waals surface area contributed by atoms with Crippen molar-refractivity contribution in [3.05, 3.63) is 11.9 Å². The molecule has 13 heavy (non-hydrogen) atoms. The van der Waals surface area contributed by atoms with Crippen molar-refractivity contribution in [2.75, 3.05) is 6.54 Å². The van der Waals surface area contributed by atoms with Crippen LogP contribution in [0.1, 0.15) is 24.6 Å². The lowest BCUT2D eigenvalue weighted by Gasteiger charge is -2.33. The van der Waals surface area contributed by atoms with Crippen molar-refractivity contribution in [1.29, 1.82) is 0 Å². The third-order valence-corrected chi connectivity index (χ3v) is 3.19. The molecule has 0 spiro atoms. The Morgan fingerprint density at radius 1 is 1.62 bits per heavy atom. The van der Waals surface area contributed by atoms with Crippen LogP contribution in [0.4, 0.5) is 0 Å². The Morgan fingerprint density at radius 3 is 2.92 bits per heavy atom. The zero-order valence-electron chi connectivity index (χ0n) is 7.36. The van der Waals surface area contributed by atoms with Gasteiger partial charge in [0.05, 0.1) is 11.7 Å². The van der Waals surface area contributed by atoms with Gasteiger partial charge in [-0.05, 0) is 25.3 Å². The van der Waals surface area contributed by atoms with Gasteiger partial charge in [-0.1, -0.05) is 21.1 Å². The second-order valence-electron chi connectivity index (χ2n) is 3.55. The molecule has 0 unspecified atom stereocenters. The number of halogens is 1. The van der Waals surface area contributed by atoms with E-state index in [1.807, 2.05) is 10.9 Å². The highest BCUT2D eigenvalue weighted by Gasteiger charge is 2.29. The van der Waals surface area contributed by atoms with Crippen LogP contribution in [-0.4, -0.2) is 21.5 Å². The third-order valence-electron chi connectivity index (χ3n) is 2.61. The summed E-state index contributed by atoms with van der Waals surface area (Å²) in [4.78, 5) is 0. The summed E-state index contributed by atoms with van der Waals surface area (Å²) in [5, 5.41) is 8.87. The van der Waals surface area contributed by atoms with Crippen molar-refractivity contribution in [2.24, 2.45) is 11.7 Å². The molecule has 0 atom stereocenters. The quantitative estimate of drug-likeness (QED) is 0.811. The number of aromatic nitrogens is 3. The summed E-state index contributed by atoms with van der Waals surface area (Å²) in [6.07, 6.45) is 4.31. The first-order chi connectivity index (χ1) is 6.33. The zero-order valence-corrected chi connectivity index (χ0v) is 8.94. The molecule has 1 aliphatic carbocycles. The largest absolute Gasteiger partial charge is 0.330 e. The molecule has 0 aliphatic heterocycles. The van der Waals surface area contributed by atoms with Crippen LogP contribution < -0.4 is 5.73 Å². The average Bonchev–Trinajstić information content (AvgIpc) is 2.51. The molecular weight excluding hydrogens is 232 g/mol. The van der Waals surface area contributed by atoms with Crippen LogP contribution in [0.25, 0.3) is 0 Å². The van der Waals surface area contributed by atoms with Crippen molar-refractivity contribution < 1.29 is 0 Å². The molecule has 0 radical (unpaired) electrons. The molecule has 0 saturated heterocycles. The van der Waals surface area contributed by atoms with Gasteiger partial charge < -0.3 is 5.73 Å². The predicted octanol–water partition coefficient (Wildman–Crippen LogP) is 1.08. The van der Waals surface area contributed by atoms with E-state index in [4.69, 9.17) is 5.73 Å². The minimum absolute atomic E-state index is 0.536. The molecule has 0 bridgehead atoms. The van der Waals surface area contributed by atoms with Gasteiger partial charge in [-0.3, -0.25) is 0 Å². The van der Waals surface area contributed by atoms with Crippen LogP contribution in [-0.2, 0) is 5.33 Å². The summed E-state index contributed by atoms with van der Waals surface area (Å²) in [6, 6.07) is 0.536. The van der Waals surface area contributed by atoms with Gasteiger partial charge in [0, 0.05) is 11.5 Å². The maximum atomic E-state index is 5.55. The molecule has 2 rings (SSSR count). The van der Waals surface area contributed by atoms with E-state index in [0.717, 1.165) is 30.4 Å². The van der Waals surface area contributed by atoms with E-state index in [9.17, 15) is 0 Å². The third kappa shape index (κ3) is 1.76. The molecule has 4 nitrogen and oxygen atoms in total. The fraction of sp³-hybridized carbons (Fsp3) is 0.750. The molecule has 1 aromatic heterocycles. The SMILES string of the molecule is NCC1CC(n2cc(CBr)nn2)C1. The molecule has 1 heterocycles. The smallest absolute Gasteiger partial charge is 0.0932 e. The Labute approximate surface area is 85.6 Å². The minimum atomic E-state index is 0.536. The molecule has 5 heteroatoms. The van der Waals surface area contributed by atoms with Crippen molar-refractivity contribution >= 4 is 15.9 Å². The molecule has 1 aromatic rings. The summed E-state index contributed by atoms with van der Waals surface area (Å²) in [5.41, 5.74) is 6.55. The number of nitrogens with zero attached hydrogens (tertiary/aromatic N) is 3. The normalized spacial score (nSPS) is 27.2. The second-order valence-corrected chi connectivity index (χ2v) is 4.11. The van der Waals surface area contributed by atoms with Gasteiger partial charge in [-0.2, -0.15) is 0 Å². The van der Waals surface area contributed by atoms with Crippen molar-refractivity contribution in [3.63, 3.8) is 0 Å². The van der Waals surface area contributed by atoms with Crippen LogP contribution >= 0.6 is 15.9 Å². The van der Waals surface area contributed by atoms with E-state index < -0.39 is 0 Å². The highest BCUT2D eigenvalue weighted by Crippen LogP contribution is 2.36. The lowest BCUT2D eigenvalue weighted by molar-refractivity contribution is 0.187. The van der Waals surface area contributed by atoms with Gasteiger partial charge in [0.15, 0.2) is 0 Å². The summed E-state index contributed by atoms with van der Waals surface area (Å²) in [7, 11) is 0. The maximum absolute atomic E-state index is 5.55. The van der Waals surface area contributed by atoms with Gasteiger partial charge in [0.1, 0.15) is 0 Å². The monoisotopic (exact) mass is 244 g/mol. The number of nitrogens with two attached hydrogens (primary N) is 1. The molecule has 1 saturated carbocycles. The fourth-order valence-electron chi connectivity index (χ4n) is 1.66. The topological polar surface area (TPSA) is 56.7 Å². The van der Waals surface area contributed by atoms with Crippen molar-refractivity contribution in [3.8, 4) is 0 Å². The molecular formula is C8H13BrN4. The molecule has 0 amide bonds. The molecule has 1 fully saturated rings. The minimum Gasteiger partial charge on any atom is -0.330 e. The van der Waals surface area contributed by atoms with Gasteiger partial charge in [-0.25, -0.2) is 4.68 Å². The Hall–Kier alpha value is -0.420. The number of alkyl halides is 1. The van der Waals surface area contributed by atoms with Gasteiger partial charge in [-0.15, -0.1) is 5.10 Å². The highest BCUT2D eigenvalue weighted by atomic mass is 79.9. The van der Waals surface area contributed by atoms with Crippen molar-refractivity contribution in [2.45, 2.75) is 24.2 Å². The van der Waals surface area contributed by atoms with Crippen molar-refractivity contribution in [1.82, 2.24) is 15.0 Å². The average molecular weight is 245 g/mol. The van der Waals surface area contributed by atoms with E-state index in [-0.39, 0.29) is 0 Å². The molecule has 0 aromatic carbocycles. The van der Waals surface area contributed by atoms with Crippen LogP contribution in [0.5, 0.6) is 0 Å². The van der Waals surface area contributed by atoms with Crippen LogP contribution in [0.15, 0.2) is 6.20 Å². The Kier molecular flexibility index (Phi) is 2.64. The van der Waals surface area contributed by atoms with E-state index in [1.54, 1.807) is 0 Å². The van der Waals surface area contributed by atoms with Gasteiger partial charge in [0.2, 0.25) is 0 Å². The number of rotatable bonds is 3. The second kappa shape index (κ2) is 3.75. The Morgan fingerprint density at radius 2 is 2.38 bits per heavy atom. The molecule has 2 N–H and O–H groups in total. The predicted molar refractivity (Wildman–Crippen MR) is 53.5 cm³/mol. The van der Waals surface area contributed by atoms with Crippen LogP contribution in [0.3, 0.4) is 0 Å². The van der Waals surface area contributed by atoms with Crippen LogP contribution in [0.2, 0.25) is 0 Å². The first-order valence-electron chi connectivity index (χ1n) is 4.50. The van der Waals surface area contributed by atoms with Gasteiger partial charge in [0.25, 0.3) is 0 Å². The van der Waals surface area contributed by atoms with E-state index >= 15 is 0 Å². The summed E-state index contributed by atoms with van der Waals surface area (Å²) >= 11 is 3.35. The first-order valence-corrected chi connectivity index (χ1v) is 5.62. The Balaban J connectivity index is 1.95.